The van der Waals surface area contributed by atoms with Crippen LogP contribution < -0.4 is 14.4 Å². The summed E-state index contributed by atoms with van der Waals surface area (Å²) in [6, 6.07) is 15.3. The van der Waals surface area contributed by atoms with Gasteiger partial charge in [0.25, 0.3) is 5.91 Å². The molecule has 11 heteroatoms. The zero-order chi connectivity index (χ0) is 29.4. The molecular weight excluding hydrogens is 552 g/mol. The predicted molar refractivity (Wildman–Crippen MR) is 147 cm³/mol. The number of amides is 1. The minimum Gasteiger partial charge on any atom is -0.497 e. The van der Waals surface area contributed by atoms with Crippen LogP contribution in [0.2, 0.25) is 0 Å². The summed E-state index contributed by atoms with van der Waals surface area (Å²) in [6.07, 6.45) is -1.14. The number of nitrogens with zero attached hydrogens (tertiary/aromatic N) is 4. The van der Waals surface area contributed by atoms with Gasteiger partial charge in [-0.3, -0.25) is 14.8 Å². The van der Waals surface area contributed by atoms with Gasteiger partial charge in [0.15, 0.2) is 0 Å². The Bertz CT molecular complexity index is 1620. The van der Waals surface area contributed by atoms with Crippen LogP contribution in [0, 0.1) is 5.82 Å². The number of halogens is 4. The normalized spacial score (nSPS) is 15.3. The number of pyridine rings is 2. The lowest BCUT2D eigenvalue weighted by atomic mass is 9.96. The summed E-state index contributed by atoms with van der Waals surface area (Å²) in [5.74, 6) is 0.250. The van der Waals surface area contributed by atoms with Gasteiger partial charge >= 0.3 is 6.18 Å². The van der Waals surface area contributed by atoms with E-state index < -0.39 is 17.6 Å². The summed E-state index contributed by atoms with van der Waals surface area (Å²) >= 11 is 0. The molecule has 2 aromatic carbocycles. The van der Waals surface area contributed by atoms with E-state index in [0.717, 1.165) is 29.0 Å². The molecule has 6 rings (SSSR count). The van der Waals surface area contributed by atoms with Gasteiger partial charge in [0, 0.05) is 42.8 Å². The van der Waals surface area contributed by atoms with Gasteiger partial charge in [-0.1, -0.05) is 12.1 Å². The number of rotatable bonds is 7. The lowest BCUT2D eigenvalue weighted by molar-refractivity contribution is -0.137. The molecule has 42 heavy (non-hydrogen) atoms. The molecule has 0 unspecified atom stereocenters. The number of carbonyl (C=O) groups is 1. The highest BCUT2D eigenvalue weighted by Gasteiger charge is 2.35. The van der Waals surface area contributed by atoms with Crippen molar-refractivity contribution in [1.29, 1.82) is 0 Å². The largest absolute Gasteiger partial charge is 0.497 e. The molecule has 216 valence electrons. The zero-order valence-corrected chi connectivity index (χ0v) is 22.6. The standard InChI is InChI=1S/C31H26F4N4O3/c1-41-23-4-2-19(3-5-23)16-38-11-8-26-27(30(38)40)7-10-37-29(26)28-15-24(6-9-36-28)42-25-17-39(18-25)22-13-20(31(33,34)35)12-21(32)14-22/h2-7,9-10,12-15,25H,8,11,16-18H2,1H3. The second-order valence-corrected chi connectivity index (χ2v) is 10.2. The molecule has 2 aliphatic heterocycles. The first-order valence-corrected chi connectivity index (χ1v) is 13.3. The second kappa shape index (κ2) is 11.0. The van der Waals surface area contributed by atoms with E-state index in [0.29, 0.717) is 61.4 Å². The molecule has 1 fully saturated rings. The van der Waals surface area contributed by atoms with Crippen molar-refractivity contribution in [3.8, 4) is 22.9 Å². The lowest BCUT2D eigenvalue weighted by Gasteiger charge is -2.40. The summed E-state index contributed by atoms with van der Waals surface area (Å²) in [5.41, 5.74) is 2.68. The number of carbonyl (C=O) groups excluding carboxylic acids is 1. The first kappa shape index (κ1) is 27.5. The summed E-state index contributed by atoms with van der Waals surface area (Å²) in [7, 11) is 1.61. The zero-order valence-electron chi connectivity index (χ0n) is 22.6. The van der Waals surface area contributed by atoms with Gasteiger partial charge in [-0.15, -0.1) is 0 Å². The lowest BCUT2D eigenvalue weighted by Crippen LogP contribution is -2.54. The molecule has 4 heterocycles. The van der Waals surface area contributed by atoms with Crippen LogP contribution in [0.4, 0.5) is 23.2 Å². The molecule has 0 radical (unpaired) electrons. The minimum absolute atomic E-state index is 0.0799. The molecule has 0 aliphatic carbocycles. The molecule has 0 bridgehead atoms. The first-order chi connectivity index (χ1) is 20.2. The third kappa shape index (κ3) is 5.59. The molecule has 0 atom stereocenters. The predicted octanol–water partition coefficient (Wildman–Crippen LogP) is 5.78. The van der Waals surface area contributed by atoms with E-state index >= 15 is 0 Å². The number of ether oxygens (including phenoxy) is 2. The van der Waals surface area contributed by atoms with Crippen molar-refractivity contribution in [2.45, 2.75) is 25.2 Å². The topological polar surface area (TPSA) is 67.8 Å². The van der Waals surface area contributed by atoms with E-state index in [2.05, 4.69) is 9.97 Å². The number of benzene rings is 2. The third-order valence-electron chi connectivity index (χ3n) is 7.44. The van der Waals surface area contributed by atoms with Crippen LogP contribution in [0.1, 0.15) is 27.0 Å². The van der Waals surface area contributed by atoms with Crippen LogP contribution >= 0.6 is 0 Å². The van der Waals surface area contributed by atoms with Gasteiger partial charge < -0.3 is 19.3 Å². The maximum atomic E-state index is 13.8. The Morgan fingerprint density at radius 2 is 1.71 bits per heavy atom. The van der Waals surface area contributed by atoms with Gasteiger partial charge in [0.1, 0.15) is 23.4 Å². The number of hydrogen-bond acceptors (Lipinski definition) is 6. The Hall–Kier alpha value is -4.67. The molecule has 2 aromatic heterocycles. The van der Waals surface area contributed by atoms with E-state index in [9.17, 15) is 22.4 Å². The minimum atomic E-state index is -4.63. The molecule has 0 N–H and O–H groups in total. The molecule has 7 nitrogen and oxygen atoms in total. The Kier molecular flexibility index (Phi) is 7.17. The molecule has 1 amide bonds. The molecule has 0 spiro atoms. The van der Waals surface area contributed by atoms with Crippen LogP contribution in [0.25, 0.3) is 11.4 Å². The molecule has 0 saturated carbocycles. The van der Waals surface area contributed by atoms with Gasteiger partial charge in [0.05, 0.1) is 37.2 Å². The quantitative estimate of drug-likeness (QED) is 0.259. The Morgan fingerprint density at radius 1 is 0.952 bits per heavy atom. The summed E-state index contributed by atoms with van der Waals surface area (Å²) < 4.78 is 64.3. The molecule has 2 aliphatic rings. The summed E-state index contributed by atoms with van der Waals surface area (Å²) in [5, 5.41) is 0. The number of anilines is 1. The highest BCUT2D eigenvalue weighted by atomic mass is 19.4. The fourth-order valence-electron chi connectivity index (χ4n) is 5.24. The number of aromatic nitrogens is 2. The van der Waals surface area contributed by atoms with Gasteiger partial charge in [-0.05, 0) is 60.0 Å². The average Bonchev–Trinajstić information content (AvgIpc) is 2.96. The van der Waals surface area contributed by atoms with Crippen molar-refractivity contribution in [1.82, 2.24) is 14.9 Å². The molecular formula is C31H26F4N4O3. The van der Waals surface area contributed by atoms with Crippen molar-refractivity contribution < 1.29 is 31.8 Å². The fourth-order valence-corrected chi connectivity index (χ4v) is 5.24. The highest BCUT2D eigenvalue weighted by molar-refractivity contribution is 5.98. The first-order valence-electron chi connectivity index (χ1n) is 13.3. The van der Waals surface area contributed by atoms with Gasteiger partial charge in [0.2, 0.25) is 0 Å². The average molecular weight is 579 g/mol. The number of alkyl halides is 3. The van der Waals surface area contributed by atoms with Gasteiger partial charge in [-0.25, -0.2) is 4.39 Å². The molecule has 4 aromatic rings. The smallest absolute Gasteiger partial charge is 0.416 e. The van der Waals surface area contributed by atoms with Gasteiger partial charge in [-0.2, -0.15) is 13.2 Å². The maximum absolute atomic E-state index is 13.8. The maximum Gasteiger partial charge on any atom is 0.416 e. The molecule has 1 saturated heterocycles. The van der Waals surface area contributed by atoms with E-state index in [1.165, 1.54) is 0 Å². The summed E-state index contributed by atoms with van der Waals surface area (Å²) in [6.45, 7) is 1.61. The van der Waals surface area contributed by atoms with Crippen LogP contribution in [-0.4, -0.2) is 53.6 Å². The number of fused-ring (bicyclic) bond motifs is 1. The summed E-state index contributed by atoms with van der Waals surface area (Å²) in [4.78, 5) is 25.8. The van der Waals surface area contributed by atoms with Crippen molar-refractivity contribution >= 4 is 11.6 Å². The van der Waals surface area contributed by atoms with E-state index in [1.807, 2.05) is 24.3 Å². The van der Waals surface area contributed by atoms with E-state index in [1.54, 1.807) is 47.5 Å². The van der Waals surface area contributed by atoms with Crippen molar-refractivity contribution in [3.63, 3.8) is 0 Å². The third-order valence-corrected chi connectivity index (χ3v) is 7.44. The van der Waals surface area contributed by atoms with Crippen LogP contribution in [0.15, 0.2) is 73.1 Å². The number of hydrogen-bond donors (Lipinski definition) is 0. The highest BCUT2D eigenvalue weighted by Crippen LogP contribution is 2.35. The van der Waals surface area contributed by atoms with Crippen molar-refractivity contribution in [2.24, 2.45) is 0 Å². The SMILES string of the molecule is COc1ccc(CN2CCc3c(ccnc3-c3cc(OC4CN(c5cc(F)cc(C(F)(F)F)c5)C4)ccn3)C2=O)cc1. The Morgan fingerprint density at radius 3 is 2.45 bits per heavy atom. The fraction of sp³-hybridized carbons (Fsp3) is 0.258. The second-order valence-electron chi connectivity index (χ2n) is 10.2. The monoisotopic (exact) mass is 578 g/mol. The Labute approximate surface area is 239 Å². The van der Waals surface area contributed by atoms with Crippen molar-refractivity contribution in [3.05, 3.63) is 101 Å². The van der Waals surface area contributed by atoms with Crippen LogP contribution in [-0.2, 0) is 19.1 Å². The van der Waals surface area contributed by atoms with E-state index in [-0.39, 0.29) is 17.7 Å². The van der Waals surface area contributed by atoms with Crippen LogP contribution in [0.5, 0.6) is 11.5 Å². The van der Waals surface area contributed by atoms with Crippen LogP contribution in [0.3, 0.4) is 0 Å². The Balaban J connectivity index is 1.14. The van der Waals surface area contributed by atoms with Crippen molar-refractivity contribution in [2.75, 3.05) is 31.6 Å². The van der Waals surface area contributed by atoms with E-state index in [4.69, 9.17) is 9.47 Å². The number of methoxy groups -OCH3 is 1.